The van der Waals surface area contributed by atoms with E-state index in [0.717, 1.165) is 10.3 Å². The summed E-state index contributed by atoms with van der Waals surface area (Å²) in [5.74, 6) is 0. The highest BCUT2D eigenvalue weighted by Crippen LogP contribution is 2.57. The van der Waals surface area contributed by atoms with Crippen molar-refractivity contribution in [2.75, 3.05) is 0 Å². The average molecular weight is 1170 g/mol. The molecule has 2 aromatic carbocycles. The molecule has 0 fully saturated rings. The van der Waals surface area contributed by atoms with E-state index in [0.29, 0.717) is 20.7 Å². The van der Waals surface area contributed by atoms with Crippen LogP contribution < -0.4 is 0 Å². The van der Waals surface area contributed by atoms with Crippen molar-refractivity contribution in [3.8, 4) is 0 Å². The van der Waals surface area contributed by atoms with E-state index in [-0.39, 0.29) is 0 Å². The lowest BCUT2D eigenvalue weighted by Crippen LogP contribution is -2.50. The van der Waals surface area contributed by atoms with E-state index in [4.69, 9.17) is 0 Å². The Morgan fingerprint density at radius 1 is 0.206 bits per heavy atom. The lowest BCUT2D eigenvalue weighted by atomic mass is 10.1. The first-order valence-corrected chi connectivity index (χ1v) is 72.2. The average Bonchev–Trinajstić information content (AvgIpc) is 2.92. The number of hydrogen-bond acceptors (Lipinski definition) is 2. The smallest absolute Gasteiger partial charge is 0.0493 e. The lowest BCUT2D eigenvalue weighted by Gasteiger charge is -2.46. The van der Waals surface area contributed by atoms with E-state index in [2.05, 4.69) is 282 Å². The van der Waals surface area contributed by atoms with Crippen molar-refractivity contribution in [1.29, 1.82) is 0 Å². The predicted molar refractivity (Wildman–Crippen MR) is 361 cm³/mol. The second kappa shape index (κ2) is 21.3. The minimum atomic E-state index is -1.70. The Morgan fingerprint density at radius 3 is 0.426 bits per heavy atom. The summed E-state index contributed by atoms with van der Waals surface area (Å²) in [5, 5.41) is 4.21. The van der Waals surface area contributed by atoms with Crippen LogP contribution in [0.5, 0.6) is 0 Å². The molecular formula is C54H118S2Si12. The standard InChI is InChI=1S/C54H118S2Si12/c1-57(2,3)49(58(4,5)6)41-37-43(51(61(13,14)15)62(16,17)18)47(44(38-41)52(63(19,20)21)64(22,23)24)55-56-48-45(53(65(25,26)27)66(28,29)30)39-42(50(59(7,8)9)60(10,11)12)40-46(48)54(67(31,32)33)68(34,35)36/h37-40,49-54H,1-36H3. The molecule has 0 aliphatic rings. The Bertz CT molecular complexity index is 1690. The SMILES string of the molecule is C[Si](C)(C)C(c1cc(C([Si](C)(C)C)[Si](C)(C)C)c(SSc2c(C([Si](C)(C)C)[Si](C)(C)C)cc(C([Si](C)(C)C)[Si](C)(C)C)cc2C([Si](C)(C)C)[Si](C)(C)C)c(C([Si](C)(C)C)[Si](C)(C)C)c1)[Si](C)(C)C. The van der Waals surface area contributed by atoms with E-state index in [1.807, 2.05) is 22.3 Å². The molecule has 2 rings (SSSR count). The van der Waals surface area contributed by atoms with Crippen LogP contribution in [0.2, 0.25) is 236 Å². The normalized spacial score (nSPS) is 15.4. The Balaban J connectivity index is 3.76. The largest absolute Gasteiger partial charge is 0.0693 e. The summed E-state index contributed by atoms with van der Waals surface area (Å²) in [6.07, 6.45) is 0. The molecule has 0 N–H and O–H groups in total. The van der Waals surface area contributed by atoms with Gasteiger partial charge in [-0.3, -0.25) is 0 Å². The maximum absolute atomic E-state index is 2.96. The van der Waals surface area contributed by atoms with Gasteiger partial charge in [-0.2, -0.15) is 0 Å². The minimum absolute atomic E-state index is 0.689. The molecule has 14 heteroatoms. The topological polar surface area (TPSA) is 0 Å². The van der Waals surface area contributed by atoms with Gasteiger partial charge >= 0.3 is 0 Å². The third-order valence-electron chi connectivity index (χ3n) is 14.8. The molecule has 0 amide bonds. The first-order chi connectivity index (χ1) is 29.4. The summed E-state index contributed by atoms with van der Waals surface area (Å²) in [5.41, 5.74) is 10.8. The van der Waals surface area contributed by atoms with Crippen LogP contribution in [0.3, 0.4) is 0 Å². The molecule has 394 valence electrons. The van der Waals surface area contributed by atoms with Gasteiger partial charge in [-0.05, 0) is 64.4 Å². The third-order valence-corrected chi connectivity index (χ3v) is 73.2. The van der Waals surface area contributed by atoms with E-state index in [9.17, 15) is 0 Å². The first-order valence-electron chi connectivity index (χ1n) is 27.1. The Kier molecular flexibility index (Phi) is 20.6. The monoisotopic (exact) mass is 1170 g/mol. The summed E-state index contributed by atoms with van der Waals surface area (Å²) in [4.78, 5) is 3.48. The zero-order chi connectivity index (χ0) is 54.3. The van der Waals surface area contributed by atoms with Gasteiger partial charge in [0.1, 0.15) is 0 Å². The molecule has 0 bridgehead atoms. The summed E-state index contributed by atoms with van der Waals surface area (Å²) >= 11 is 0. The quantitative estimate of drug-likeness (QED) is 0.0903. The molecule has 0 atom stereocenters. The summed E-state index contributed by atoms with van der Waals surface area (Å²) in [7, 11) is -15.3. The van der Waals surface area contributed by atoms with Crippen molar-refractivity contribution in [3.63, 3.8) is 0 Å². The van der Waals surface area contributed by atoms with Gasteiger partial charge in [0.05, 0.1) is 0 Å². The van der Waals surface area contributed by atoms with Crippen LogP contribution in [-0.4, -0.2) is 96.9 Å². The van der Waals surface area contributed by atoms with Crippen LogP contribution in [-0.2, 0) is 0 Å². The van der Waals surface area contributed by atoms with Crippen LogP contribution in [0.4, 0.5) is 0 Å². The van der Waals surface area contributed by atoms with Crippen LogP contribution in [0.15, 0.2) is 34.1 Å². The second-order valence-corrected chi connectivity index (χ2v) is 105. The van der Waals surface area contributed by atoms with Crippen molar-refractivity contribution >= 4 is 118 Å². The fourth-order valence-electron chi connectivity index (χ4n) is 16.4. The molecule has 0 saturated carbocycles. The molecule has 0 saturated heterocycles. The first kappa shape index (κ1) is 65.9. The number of rotatable bonds is 21. The highest BCUT2D eigenvalue weighted by molar-refractivity contribution is 8.76. The van der Waals surface area contributed by atoms with Gasteiger partial charge < -0.3 is 0 Å². The van der Waals surface area contributed by atoms with E-state index in [1.54, 1.807) is 20.9 Å². The fraction of sp³-hybridized carbons (Fsp3) is 0.778. The van der Waals surface area contributed by atoms with Crippen LogP contribution in [0.1, 0.15) is 64.4 Å². The molecule has 2 aromatic rings. The highest BCUT2D eigenvalue weighted by atomic mass is 33.1. The van der Waals surface area contributed by atoms with Crippen molar-refractivity contribution in [2.45, 2.75) is 276 Å². The van der Waals surface area contributed by atoms with E-state index < -0.39 is 96.9 Å². The van der Waals surface area contributed by atoms with E-state index in [1.165, 1.54) is 0 Å². The van der Waals surface area contributed by atoms with Gasteiger partial charge in [-0.25, -0.2) is 0 Å². The maximum atomic E-state index is 2.96. The lowest BCUT2D eigenvalue weighted by molar-refractivity contribution is 1.01. The Hall–Kier alpha value is 1.74. The zero-order valence-corrected chi connectivity index (χ0v) is 66.2. The highest BCUT2D eigenvalue weighted by Gasteiger charge is 2.50. The molecule has 0 aliphatic carbocycles. The van der Waals surface area contributed by atoms with Crippen molar-refractivity contribution in [1.82, 2.24) is 0 Å². The van der Waals surface area contributed by atoms with Crippen molar-refractivity contribution in [2.24, 2.45) is 0 Å². The van der Waals surface area contributed by atoms with Crippen LogP contribution in [0.25, 0.3) is 0 Å². The van der Waals surface area contributed by atoms with Gasteiger partial charge in [0.2, 0.25) is 0 Å². The van der Waals surface area contributed by atoms with Gasteiger partial charge in [-0.1, -0.05) is 282 Å². The van der Waals surface area contributed by atoms with Crippen LogP contribution in [0, 0.1) is 0 Å². The van der Waals surface area contributed by atoms with Gasteiger partial charge in [0.25, 0.3) is 0 Å². The van der Waals surface area contributed by atoms with Crippen molar-refractivity contribution < 1.29 is 0 Å². The summed E-state index contributed by atoms with van der Waals surface area (Å²) < 4.78 is 0. The molecule has 0 spiro atoms. The van der Waals surface area contributed by atoms with Gasteiger partial charge in [-0.15, -0.1) is 0 Å². The molecular weight excluding hydrogens is 1050 g/mol. The minimum Gasteiger partial charge on any atom is -0.0693 e. The molecule has 0 nitrogen and oxygen atoms in total. The molecule has 68 heavy (non-hydrogen) atoms. The summed E-state index contributed by atoms with van der Waals surface area (Å²) in [6.45, 7) is 98.4. The molecule has 0 unspecified atom stereocenters. The third kappa shape index (κ3) is 16.6. The van der Waals surface area contributed by atoms with Gasteiger partial charge in [0, 0.05) is 107 Å². The molecule has 0 radical (unpaired) electrons. The molecule has 0 heterocycles. The fourth-order valence-corrected chi connectivity index (χ4v) is 96.4. The Labute approximate surface area is 448 Å². The van der Waals surface area contributed by atoms with Crippen molar-refractivity contribution in [3.05, 3.63) is 57.6 Å². The van der Waals surface area contributed by atoms with E-state index >= 15 is 0 Å². The number of benzene rings is 2. The van der Waals surface area contributed by atoms with Gasteiger partial charge in [0.15, 0.2) is 0 Å². The predicted octanol–water partition coefficient (Wildman–Crippen LogP) is 21.5. The molecule has 0 aliphatic heterocycles. The zero-order valence-electron chi connectivity index (χ0n) is 52.6. The maximum Gasteiger partial charge on any atom is 0.0493 e. The molecule has 0 aromatic heterocycles. The second-order valence-electron chi connectivity index (χ2n) is 35.2. The van der Waals surface area contributed by atoms with Crippen LogP contribution >= 0.6 is 21.6 Å². The summed E-state index contributed by atoms with van der Waals surface area (Å²) in [6, 6.07) is 11.8. The number of hydrogen-bond donors (Lipinski definition) is 0. The Morgan fingerprint density at radius 2 is 0.324 bits per heavy atom.